The average molecular weight is 343 g/mol. The first kappa shape index (κ1) is 16.5. The molecule has 0 unspecified atom stereocenters. The zero-order chi connectivity index (χ0) is 16.2. The number of morpholine rings is 1. The third kappa shape index (κ3) is 4.55. The van der Waals surface area contributed by atoms with Crippen LogP contribution in [0.15, 0.2) is 28.9 Å². The van der Waals surface area contributed by atoms with Gasteiger partial charge in [-0.15, -0.1) is 0 Å². The van der Waals surface area contributed by atoms with E-state index >= 15 is 0 Å². The number of ether oxygens (including phenoxy) is 1. The number of hydrogen-bond donors (Lipinski definition) is 0. The number of rotatable bonds is 6. The van der Waals surface area contributed by atoms with E-state index in [9.17, 15) is 8.78 Å². The summed E-state index contributed by atoms with van der Waals surface area (Å²) in [6, 6.07) is 3.62. The van der Waals surface area contributed by atoms with Gasteiger partial charge in [-0.2, -0.15) is 13.9 Å². The van der Waals surface area contributed by atoms with Gasteiger partial charge >= 0.3 is 0 Å². The Hall–Kier alpha value is -1.38. The van der Waals surface area contributed by atoms with Crippen LogP contribution in [0, 0.1) is 0 Å². The van der Waals surface area contributed by atoms with Gasteiger partial charge in [0.2, 0.25) is 0 Å². The molecule has 3 heterocycles. The number of thioether (sulfide) groups is 1. The summed E-state index contributed by atoms with van der Waals surface area (Å²) >= 11 is 0.574. The molecule has 1 fully saturated rings. The van der Waals surface area contributed by atoms with Crippen molar-refractivity contribution in [3.8, 4) is 0 Å². The van der Waals surface area contributed by atoms with Crippen LogP contribution < -0.4 is 0 Å². The molecule has 0 aromatic carbocycles. The molecular formula is C15H19F2N3O2S. The summed E-state index contributed by atoms with van der Waals surface area (Å²) in [4.78, 5) is 2.24. The van der Waals surface area contributed by atoms with E-state index in [-0.39, 0.29) is 11.9 Å². The van der Waals surface area contributed by atoms with Crippen molar-refractivity contribution < 1.29 is 17.9 Å². The number of hydrogen-bond acceptors (Lipinski definition) is 5. The Morgan fingerprint density at radius 1 is 1.39 bits per heavy atom. The largest absolute Gasteiger partial charge is 0.464 e. The van der Waals surface area contributed by atoms with Gasteiger partial charge in [-0.3, -0.25) is 9.58 Å². The predicted octanol–water partition coefficient (Wildman–Crippen LogP) is 3.04. The van der Waals surface area contributed by atoms with Crippen LogP contribution in [0.4, 0.5) is 8.78 Å². The SMILES string of the molecule is Cn1cc([C@@H]2CN(Cc3ccc(CSC(F)F)o3)CCO2)cn1. The zero-order valence-electron chi connectivity index (χ0n) is 12.8. The van der Waals surface area contributed by atoms with Crippen LogP contribution in [0.5, 0.6) is 0 Å². The molecule has 2 aromatic heterocycles. The van der Waals surface area contributed by atoms with Crippen molar-refractivity contribution in [3.05, 3.63) is 41.6 Å². The van der Waals surface area contributed by atoms with E-state index in [0.717, 1.165) is 24.4 Å². The highest BCUT2D eigenvalue weighted by Crippen LogP contribution is 2.25. The Kier molecular flexibility index (Phi) is 5.34. The number of furan rings is 1. The minimum absolute atomic E-state index is 0.00118. The Labute approximate surface area is 137 Å². The topological polar surface area (TPSA) is 43.4 Å². The van der Waals surface area contributed by atoms with Crippen LogP contribution >= 0.6 is 11.8 Å². The molecular weight excluding hydrogens is 324 g/mol. The zero-order valence-corrected chi connectivity index (χ0v) is 13.6. The molecule has 23 heavy (non-hydrogen) atoms. The molecule has 0 amide bonds. The van der Waals surface area contributed by atoms with Crippen LogP contribution in [0.3, 0.4) is 0 Å². The van der Waals surface area contributed by atoms with Gasteiger partial charge in [-0.25, -0.2) is 0 Å². The normalized spacial score (nSPS) is 19.6. The maximum atomic E-state index is 12.2. The van der Waals surface area contributed by atoms with E-state index in [1.54, 1.807) is 10.7 Å². The van der Waals surface area contributed by atoms with E-state index in [2.05, 4.69) is 10.00 Å². The van der Waals surface area contributed by atoms with Gasteiger partial charge in [0.05, 0.1) is 31.2 Å². The maximum absolute atomic E-state index is 12.2. The molecule has 0 N–H and O–H groups in total. The van der Waals surface area contributed by atoms with Gasteiger partial charge < -0.3 is 9.15 Å². The molecule has 3 rings (SSSR count). The number of alkyl halides is 2. The monoisotopic (exact) mass is 343 g/mol. The molecule has 1 aliphatic heterocycles. The van der Waals surface area contributed by atoms with E-state index in [1.165, 1.54) is 0 Å². The van der Waals surface area contributed by atoms with Crippen LogP contribution in [0.2, 0.25) is 0 Å². The predicted molar refractivity (Wildman–Crippen MR) is 83.2 cm³/mol. The summed E-state index contributed by atoms with van der Waals surface area (Å²) in [7, 11) is 1.88. The number of halogens is 2. The smallest absolute Gasteiger partial charge is 0.284 e. The summed E-state index contributed by atoms with van der Waals surface area (Å²) < 4.78 is 37.6. The summed E-state index contributed by atoms with van der Waals surface area (Å²) in [6.45, 7) is 2.87. The molecule has 0 radical (unpaired) electrons. The molecule has 8 heteroatoms. The first-order valence-corrected chi connectivity index (χ1v) is 8.45. The molecule has 0 saturated carbocycles. The second kappa shape index (κ2) is 7.46. The van der Waals surface area contributed by atoms with Gasteiger partial charge in [0, 0.05) is 31.9 Å². The van der Waals surface area contributed by atoms with Crippen LogP contribution in [0.1, 0.15) is 23.2 Å². The quantitative estimate of drug-likeness (QED) is 0.807. The molecule has 1 saturated heterocycles. The number of nitrogens with zero attached hydrogens (tertiary/aromatic N) is 3. The number of aromatic nitrogens is 2. The molecule has 126 valence electrons. The lowest BCUT2D eigenvalue weighted by molar-refractivity contribution is -0.0347. The Balaban J connectivity index is 1.55. The van der Waals surface area contributed by atoms with Crippen molar-refractivity contribution in [2.45, 2.75) is 24.2 Å². The maximum Gasteiger partial charge on any atom is 0.284 e. The first-order chi connectivity index (χ1) is 11.1. The van der Waals surface area contributed by atoms with Crippen molar-refractivity contribution >= 4 is 11.8 Å². The minimum atomic E-state index is -2.37. The fourth-order valence-corrected chi connectivity index (χ4v) is 3.05. The van der Waals surface area contributed by atoms with Crippen molar-refractivity contribution in [2.24, 2.45) is 7.05 Å². The highest BCUT2D eigenvalue weighted by atomic mass is 32.2. The van der Waals surface area contributed by atoms with Crippen LogP contribution in [0.25, 0.3) is 0 Å². The van der Waals surface area contributed by atoms with Gasteiger partial charge in [0.25, 0.3) is 5.76 Å². The van der Waals surface area contributed by atoms with Crippen LogP contribution in [-0.2, 0) is 24.1 Å². The first-order valence-electron chi connectivity index (χ1n) is 7.40. The lowest BCUT2D eigenvalue weighted by Crippen LogP contribution is -2.37. The lowest BCUT2D eigenvalue weighted by Gasteiger charge is -2.31. The van der Waals surface area contributed by atoms with E-state index in [1.807, 2.05) is 25.5 Å². The molecule has 0 spiro atoms. The van der Waals surface area contributed by atoms with Gasteiger partial charge in [0.15, 0.2) is 0 Å². The van der Waals surface area contributed by atoms with Crippen molar-refractivity contribution in [3.63, 3.8) is 0 Å². The Morgan fingerprint density at radius 3 is 2.96 bits per heavy atom. The summed E-state index contributed by atoms with van der Waals surface area (Å²) in [6.07, 6.45) is 3.78. The second-order valence-electron chi connectivity index (χ2n) is 5.48. The minimum Gasteiger partial charge on any atom is -0.464 e. The summed E-state index contributed by atoms with van der Waals surface area (Å²) in [5.41, 5.74) is 1.06. The number of aryl methyl sites for hydroxylation is 1. The molecule has 2 aromatic rings. The molecule has 1 atom stereocenters. The van der Waals surface area contributed by atoms with Gasteiger partial charge in [0.1, 0.15) is 11.5 Å². The highest BCUT2D eigenvalue weighted by Gasteiger charge is 2.23. The van der Waals surface area contributed by atoms with Crippen molar-refractivity contribution in [1.82, 2.24) is 14.7 Å². The Bertz CT molecular complexity index is 632. The summed E-state index contributed by atoms with van der Waals surface area (Å²) in [5, 5.41) is 4.17. The molecule has 5 nitrogen and oxygen atoms in total. The van der Waals surface area contributed by atoms with Gasteiger partial charge in [-0.1, -0.05) is 11.8 Å². The summed E-state index contributed by atoms with van der Waals surface area (Å²) in [5.74, 6) is -0.800. The average Bonchev–Trinajstić information content (AvgIpc) is 3.14. The molecule has 0 aliphatic carbocycles. The highest BCUT2D eigenvalue weighted by molar-refractivity contribution is 7.98. The van der Waals surface area contributed by atoms with E-state index in [4.69, 9.17) is 9.15 Å². The third-order valence-corrected chi connectivity index (χ3v) is 4.40. The van der Waals surface area contributed by atoms with Crippen molar-refractivity contribution in [2.75, 3.05) is 19.7 Å². The van der Waals surface area contributed by atoms with E-state index in [0.29, 0.717) is 30.7 Å². The molecule has 1 aliphatic rings. The fourth-order valence-electron chi connectivity index (χ4n) is 2.60. The fraction of sp³-hybridized carbons (Fsp3) is 0.533. The Morgan fingerprint density at radius 2 is 2.22 bits per heavy atom. The van der Waals surface area contributed by atoms with E-state index < -0.39 is 5.76 Å². The third-order valence-electron chi connectivity index (χ3n) is 3.70. The standard InChI is InChI=1S/C15H19F2N3O2S/c1-19-7-11(6-18-19)14-9-20(4-5-21-14)8-12-2-3-13(22-12)10-23-15(16)17/h2-3,6-7,14-15H,4-5,8-10H2,1H3/t14-/m0/s1. The van der Waals surface area contributed by atoms with Crippen LogP contribution in [-0.4, -0.2) is 40.1 Å². The lowest BCUT2D eigenvalue weighted by atomic mass is 10.1. The molecule has 0 bridgehead atoms. The second-order valence-corrected chi connectivity index (χ2v) is 6.46. The van der Waals surface area contributed by atoms with Gasteiger partial charge in [-0.05, 0) is 12.1 Å². The van der Waals surface area contributed by atoms with Crippen molar-refractivity contribution in [1.29, 1.82) is 0 Å².